The van der Waals surface area contributed by atoms with Gasteiger partial charge in [0, 0.05) is 33.2 Å². The summed E-state index contributed by atoms with van der Waals surface area (Å²) in [5.74, 6) is 2.17. The molecule has 2 aromatic carbocycles. The molecule has 1 saturated heterocycles. The summed E-state index contributed by atoms with van der Waals surface area (Å²) in [7, 11) is -1.67. The summed E-state index contributed by atoms with van der Waals surface area (Å²) in [6.07, 6.45) is 1.86. The second kappa shape index (κ2) is 8.93. The number of sulfonamides is 1. The average molecular weight is 431 g/mol. The van der Waals surface area contributed by atoms with Crippen molar-refractivity contribution in [2.24, 2.45) is 4.99 Å². The van der Waals surface area contributed by atoms with E-state index in [-0.39, 0.29) is 6.79 Å². The van der Waals surface area contributed by atoms with Crippen molar-refractivity contribution in [1.29, 1.82) is 0 Å². The van der Waals surface area contributed by atoms with E-state index < -0.39 is 10.0 Å². The van der Waals surface area contributed by atoms with Crippen LogP contribution in [0, 0.1) is 0 Å². The number of fused-ring (bicyclic) bond motifs is 1. The van der Waals surface area contributed by atoms with Crippen LogP contribution in [0.4, 0.5) is 0 Å². The molecule has 0 unspecified atom stereocenters. The molecule has 0 aliphatic carbocycles. The number of hydrogen-bond donors (Lipinski definition) is 2. The molecule has 9 heteroatoms. The molecule has 0 saturated carbocycles. The summed E-state index contributed by atoms with van der Waals surface area (Å²) in [4.78, 5) is 4.58. The lowest BCUT2D eigenvalue weighted by atomic mass is 10.2. The van der Waals surface area contributed by atoms with Crippen LogP contribution < -0.4 is 20.1 Å². The first-order chi connectivity index (χ1) is 14.6. The van der Waals surface area contributed by atoms with Gasteiger partial charge in [-0.2, -0.15) is 4.31 Å². The Morgan fingerprint density at radius 2 is 1.60 bits per heavy atom. The monoisotopic (exact) mass is 430 g/mol. The van der Waals surface area contributed by atoms with Crippen LogP contribution in [-0.4, -0.2) is 45.6 Å². The first kappa shape index (κ1) is 20.5. The molecule has 0 amide bonds. The number of guanidine groups is 1. The Morgan fingerprint density at radius 3 is 2.30 bits per heavy atom. The lowest BCUT2D eigenvalue weighted by molar-refractivity contribution is 0.174. The van der Waals surface area contributed by atoms with Crippen LogP contribution in [0.1, 0.15) is 24.0 Å². The molecule has 1 fully saturated rings. The van der Waals surface area contributed by atoms with Crippen molar-refractivity contribution in [3.05, 3.63) is 53.6 Å². The third-order valence-corrected chi connectivity index (χ3v) is 7.12. The second-order valence-corrected chi connectivity index (χ2v) is 9.16. The highest BCUT2D eigenvalue weighted by molar-refractivity contribution is 7.89. The number of hydrogen-bond acceptors (Lipinski definition) is 5. The van der Waals surface area contributed by atoms with Crippen LogP contribution in [0.3, 0.4) is 0 Å². The third kappa shape index (κ3) is 4.52. The number of ether oxygens (including phenoxy) is 2. The number of rotatable bonds is 6. The van der Waals surface area contributed by atoms with E-state index in [0.717, 1.165) is 35.5 Å². The quantitative estimate of drug-likeness (QED) is 0.538. The Bertz CT molecular complexity index is 1020. The molecule has 160 valence electrons. The molecule has 4 rings (SSSR count). The molecule has 2 aromatic rings. The standard InChI is InChI=1S/C21H26N4O4S/c1-22-21(24-14-17-6-9-19-20(12-17)29-15-28-19)23-13-16-4-7-18(8-5-16)30(26,27)25-10-2-3-11-25/h4-9,12H,2-3,10-11,13-15H2,1H3,(H2,22,23,24). The zero-order valence-corrected chi connectivity index (χ0v) is 17.7. The topological polar surface area (TPSA) is 92.3 Å². The fourth-order valence-electron chi connectivity index (χ4n) is 3.50. The van der Waals surface area contributed by atoms with Crippen molar-refractivity contribution in [2.45, 2.75) is 30.8 Å². The molecular formula is C21H26N4O4S. The molecule has 0 radical (unpaired) electrons. The summed E-state index contributed by atoms with van der Waals surface area (Å²) in [6.45, 7) is 2.59. The molecule has 2 aliphatic rings. The number of aliphatic imine (C=N–C) groups is 1. The molecule has 0 atom stereocenters. The van der Waals surface area contributed by atoms with Gasteiger partial charge in [0.05, 0.1) is 4.90 Å². The van der Waals surface area contributed by atoms with E-state index in [4.69, 9.17) is 9.47 Å². The fraction of sp³-hybridized carbons (Fsp3) is 0.381. The van der Waals surface area contributed by atoms with Crippen LogP contribution in [0.25, 0.3) is 0 Å². The van der Waals surface area contributed by atoms with Crippen molar-refractivity contribution in [3.8, 4) is 11.5 Å². The number of benzene rings is 2. The minimum absolute atomic E-state index is 0.258. The van der Waals surface area contributed by atoms with Crippen molar-refractivity contribution < 1.29 is 17.9 Å². The van der Waals surface area contributed by atoms with E-state index in [2.05, 4.69) is 15.6 Å². The Kier molecular flexibility index (Phi) is 6.10. The van der Waals surface area contributed by atoms with Gasteiger partial charge in [-0.1, -0.05) is 18.2 Å². The third-order valence-electron chi connectivity index (χ3n) is 5.21. The lowest BCUT2D eigenvalue weighted by Gasteiger charge is -2.16. The van der Waals surface area contributed by atoms with Gasteiger partial charge in [-0.05, 0) is 48.2 Å². The lowest BCUT2D eigenvalue weighted by Crippen LogP contribution is -2.36. The molecule has 2 N–H and O–H groups in total. The second-order valence-electron chi connectivity index (χ2n) is 7.22. The van der Waals surface area contributed by atoms with Gasteiger partial charge in [0.15, 0.2) is 17.5 Å². The molecule has 0 aromatic heterocycles. The molecule has 8 nitrogen and oxygen atoms in total. The predicted octanol–water partition coefficient (Wildman–Crippen LogP) is 2.06. The zero-order chi connectivity index (χ0) is 21.0. The first-order valence-electron chi connectivity index (χ1n) is 9.98. The largest absolute Gasteiger partial charge is 0.454 e. The maximum Gasteiger partial charge on any atom is 0.243 e. The van der Waals surface area contributed by atoms with Gasteiger partial charge in [0.25, 0.3) is 0 Å². The van der Waals surface area contributed by atoms with Crippen molar-refractivity contribution in [3.63, 3.8) is 0 Å². The van der Waals surface area contributed by atoms with Crippen LogP contribution >= 0.6 is 0 Å². The minimum Gasteiger partial charge on any atom is -0.454 e. The highest BCUT2D eigenvalue weighted by Gasteiger charge is 2.26. The maximum absolute atomic E-state index is 12.6. The minimum atomic E-state index is -3.38. The molecular weight excluding hydrogens is 404 g/mol. The van der Waals surface area contributed by atoms with Crippen LogP contribution in [0.5, 0.6) is 11.5 Å². The molecule has 0 spiro atoms. The summed E-state index contributed by atoms with van der Waals surface area (Å²) < 4.78 is 37.5. The molecule has 2 heterocycles. The van der Waals surface area contributed by atoms with E-state index in [1.807, 2.05) is 30.3 Å². The summed E-state index contributed by atoms with van der Waals surface area (Å²) >= 11 is 0. The Morgan fingerprint density at radius 1 is 0.967 bits per heavy atom. The van der Waals surface area contributed by atoms with Gasteiger partial charge >= 0.3 is 0 Å². The van der Waals surface area contributed by atoms with E-state index >= 15 is 0 Å². The molecule has 2 aliphatic heterocycles. The van der Waals surface area contributed by atoms with Gasteiger partial charge in [0.2, 0.25) is 16.8 Å². The van der Waals surface area contributed by atoms with Gasteiger partial charge in [-0.3, -0.25) is 4.99 Å². The highest BCUT2D eigenvalue weighted by Crippen LogP contribution is 2.32. The number of nitrogens with zero attached hydrogens (tertiary/aromatic N) is 2. The van der Waals surface area contributed by atoms with Crippen molar-refractivity contribution >= 4 is 16.0 Å². The van der Waals surface area contributed by atoms with Crippen LogP contribution in [0.15, 0.2) is 52.4 Å². The normalized spacial score (nSPS) is 16.6. The summed E-state index contributed by atoms with van der Waals surface area (Å²) in [5, 5.41) is 6.50. The van der Waals surface area contributed by atoms with Crippen molar-refractivity contribution in [1.82, 2.24) is 14.9 Å². The summed E-state index contributed by atoms with van der Waals surface area (Å²) in [5.41, 5.74) is 2.03. The van der Waals surface area contributed by atoms with Gasteiger partial charge in [0.1, 0.15) is 0 Å². The van der Waals surface area contributed by atoms with E-state index in [1.54, 1.807) is 23.5 Å². The Labute approximate surface area is 177 Å². The summed E-state index contributed by atoms with van der Waals surface area (Å²) in [6, 6.07) is 12.8. The van der Waals surface area contributed by atoms with E-state index in [1.165, 1.54) is 0 Å². The predicted molar refractivity (Wildman–Crippen MR) is 114 cm³/mol. The number of nitrogens with one attached hydrogen (secondary N) is 2. The van der Waals surface area contributed by atoms with Gasteiger partial charge in [-0.25, -0.2) is 8.42 Å². The van der Waals surface area contributed by atoms with Gasteiger partial charge in [-0.15, -0.1) is 0 Å². The smallest absolute Gasteiger partial charge is 0.243 e. The van der Waals surface area contributed by atoms with E-state index in [9.17, 15) is 8.42 Å². The van der Waals surface area contributed by atoms with E-state index in [0.29, 0.717) is 37.0 Å². The van der Waals surface area contributed by atoms with Gasteiger partial charge < -0.3 is 20.1 Å². The van der Waals surface area contributed by atoms with Crippen LogP contribution in [-0.2, 0) is 23.1 Å². The van der Waals surface area contributed by atoms with Crippen molar-refractivity contribution in [2.75, 3.05) is 26.9 Å². The Balaban J connectivity index is 1.31. The maximum atomic E-state index is 12.6. The Hall–Kier alpha value is -2.78. The molecule has 30 heavy (non-hydrogen) atoms. The van der Waals surface area contributed by atoms with Crippen LogP contribution in [0.2, 0.25) is 0 Å². The zero-order valence-electron chi connectivity index (χ0n) is 16.9. The highest BCUT2D eigenvalue weighted by atomic mass is 32.2. The average Bonchev–Trinajstić information content (AvgIpc) is 3.46. The molecule has 0 bridgehead atoms. The SMILES string of the molecule is CN=C(NCc1ccc(S(=O)(=O)N2CCCC2)cc1)NCc1ccc2c(c1)OCO2. The first-order valence-corrected chi connectivity index (χ1v) is 11.4. The fourth-order valence-corrected chi connectivity index (χ4v) is 5.02.